The molecule has 1 saturated heterocycles. The molecule has 8 heteroatoms. The second kappa shape index (κ2) is 7.33. The summed E-state index contributed by atoms with van der Waals surface area (Å²) >= 11 is 0. The molecule has 2 N–H and O–H groups in total. The summed E-state index contributed by atoms with van der Waals surface area (Å²) < 4.78 is 1.97. The Hall–Kier alpha value is -2.90. The fourth-order valence-corrected chi connectivity index (χ4v) is 3.02. The van der Waals surface area contributed by atoms with Crippen molar-refractivity contribution in [3.05, 3.63) is 42.1 Å². The smallest absolute Gasteiger partial charge is 0.252 e. The number of aryl methyl sites for hydroxylation is 2. The van der Waals surface area contributed by atoms with Crippen molar-refractivity contribution in [1.29, 1.82) is 0 Å². The number of anilines is 1. The summed E-state index contributed by atoms with van der Waals surface area (Å²) in [5, 5.41) is 0. The van der Waals surface area contributed by atoms with Crippen molar-refractivity contribution >= 4 is 17.6 Å². The van der Waals surface area contributed by atoms with Crippen LogP contribution in [0, 0.1) is 6.92 Å². The molecule has 0 saturated carbocycles. The number of pyridine rings is 1. The second-order valence-electron chi connectivity index (χ2n) is 6.02. The number of piperazine rings is 1. The number of carbonyl (C=O) groups excluding carboxylic acids is 2. The number of hydrogen-bond acceptors (Lipinski definition) is 5. The molecule has 3 rings (SSSR count). The van der Waals surface area contributed by atoms with E-state index < -0.39 is 5.91 Å². The zero-order valence-electron chi connectivity index (χ0n) is 14.3. The van der Waals surface area contributed by atoms with Crippen molar-refractivity contribution in [2.45, 2.75) is 19.9 Å². The average molecular weight is 342 g/mol. The highest BCUT2D eigenvalue weighted by atomic mass is 16.2. The Morgan fingerprint density at radius 1 is 1.16 bits per heavy atom. The highest BCUT2D eigenvalue weighted by Gasteiger charge is 2.24. The van der Waals surface area contributed by atoms with Crippen LogP contribution in [0.15, 0.2) is 30.7 Å². The van der Waals surface area contributed by atoms with Crippen molar-refractivity contribution < 1.29 is 9.59 Å². The summed E-state index contributed by atoms with van der Waals surface area (Å²) in [6, 6.07) is 3.37. The molecule has 0 radical (unpaired) electrons. The quantitative estimate of drug-likeness (QED) is 0.849. The van der Waals surface area contributed by atoms with E-state index in [1.54, 1.807) is 24.5 Å². The Balaban J connectivity index is 1.56. The molecule has 3 heterocycles. The van der Waals surface area contributed by atoms with Crippen LogP contribution in [0.2, 0.25) is 0 Å². The Morgan fingerprint density at radius 2 is 1.92 bits per heavy atom. The molecule has 2 aromatic rings. The molecule has 8 nitrogen and oxygen atoms in total. The van der Waals surface area contributed by atoms with Gasteiger partial charge >= 0.3 is 0 Å². The topological polar surface area (TPSA) is 97.3 Å². The maximum absolute atomic E-state index is 12.4. The zero-order valence-corrected chi connectivity index (χ0v) is 14.3. The van der Waals surface area contributed by atoms with Gasteiger partial charge in [0.1, 0.15) is 11.6 Å². The maximum atomic E-state index is 12.4. The third-order valence-electron chi connectivity index (χ3n) is 4.47. The van der Waals surface area contributed by atoms with E-state index >= 15 is 0 Å². The summed E-state index contributed by atoms with van der Waals surface area (Å²) in [6.07, 6.45) is 5.72. The van der Waals surface area contributed by atoms with Crippen LogP contribution in [0.25, 0.3) is 0 Å². The summed E-state index contributed by atoms with van der Waals surface area (Å²) in [6.45, 7) is 5.04. The van der Waals surface area contributed by atoms with Gasteiger partial charge in [-0.25, -0.2) is 9.97 Å². The number of nitrogens with zero attached hydrogens (tertiary/aromatic N) is 5. The van der Waals surface area contributed by atoms with E-state index in [9.17, 15) is 9.59 Å². The van der Waals surface area contributed by atoms with Gasteiger partial charge in [-0.15, -0.1) is 0 Å². The highest BCUT2D eigenvalue weighted by Crippen LogP contribution is 2.18. The second-order valence-corrected chi connectivity index (χ2v) is 6.02. The van der Waals surface area contributed by atoms with E-state index in [1.807, 2.05) is 27.5 Å². The number of aromatic nitrogens is 3. The Morgan fingerprint density at radius 3 is 2.56 bits per heavy atom. The summed E-state index contributed by atoms with van der Waals surface area (Å²) in [4.78, 5) is 36.3. The monoisotopic (exact) mass is 342 g/mol. The fourth-order valence-electron chi connectivity index (χ4n) is 3.02. The first-order valence-corrected chi connectivity index (χ1v) is 8.31. The van der Waals surface area contributed by atoms with Crippen molar-refractivity contribution in [3.63, 3.8) is 0 Å². The van der Waals surface area contributed by atoms with E-state index in [-0.39, 0.29) is 5.91 Å². The first kappa shape index (κ1) is 16.9. The standard InChI is InChI=1S/C17H22N6O2/c1-13-19-6-8-21(13)7-4-15(24)22-9-11-23(12-10-22)17-14(16(18)25)3-2-5-20-17/h2-3,5-6,8H,4,7,9-12H2,1H3,(H2,18,25). The molecule has 2 amide bonds. The van der Waals surface area contributed by atoms with Crippen molar-refractivity contribution in [2.75, 3.05) is 31.1 Å². The van der Waals surface area contributed by atoms with E-state index in [1.165, 1.54) is 0 Å². The van der Waals surface area contributed by atoms with Gasteiger partial charge in [-0.05, 0) is 19.1 Å². The molecule has 0 atom stereocenters. The van der Waals surface area contributed by atoms with Gasteiger partial charge in [0, 0.05) is 57.7 Å². The number of imidazole rings is 1. The Bertz CT molecular complexity index is 764. The number of rotatable bonds is 5. The molecule has 1 aliphatic heterocycles. The van der Waals surface area contributed by atoms with Gasteiger partial charge < -0.3 is 20.1 Å². The van der Waals surface area contributed by atoms with E-state index in [4.69, 9.17) is 5.73 Å². The van der Waals surface area contributed by atoms with Crippen LogP contribution in [0.3, 0.4) is 0 Å². The lowest BCUT2D eigenvalue weighted by atomic mass is 10.2. The number of amides is 2. The van der Waals surface area contributed by atoms with Gasteiger partial charge in [-0.1, -0.05) is 0 Å². The molecule has 0 spiro atoms. The maximum Gasteiger partial charge on any atom is 0.252 e. The number of primary amides is 1. The third kappa shape index (κ3) is 3.78. The van der Waals surface area contributed by atoms with Gasteiger partial charge in [0.15, 0.2) is 0 Å². The number of carbonyl (C=O) groups is 2. The first-order valence-electron chi connectivity index (χ1n) is 8.31. The van der Waals surface area contributed by atoms with Gasteiger partial charge in [0.25, 0.3) is 5.91 Å². The number of nitrogens with two attached hydrogens (primary N) is 1. The van der Waals surface area contributed by atoms with Crippen molar-refractivity contribution in [2.24, 2.45) is 5.73 Å². The SMILES string of the molecule is Cc1nccn1CCC(=O)N1CCN(c2ncccc2C(N)=O)CC1. The molecule has 1 fully saturated rings. The largest absolute Gasteiger partial charge is 0.365 e. The van der Waals surface area contributed by atoms with Gasteiger partial charge in [0.2, 0.25) is 5.91 Å². The van der Waals surface area contributed by atoms with Crippen LogP contribution >= 0.6 is 0 Å². The van der Waals surface area contributed by atoms with Crippen molar-refractivity contribution in [3.8, 4) is 0 Å². The van der Waals surface area contributed by atoms with Crippen molar-refractivity contribution in [1.82, 2.24) is 19.4 Å². The molecule has 2 aromatic heterocycles. The molecule has 0 bridgehead atoms. The van der Waals surface area contributed by atoms with Crippen LogP contribution in [0.4, 0.5) is 5.82 Å². The van der Waals surface area contributed by atoms with Crippen LogP contribution in [0.1, 0.15) is 22.6 Å². The minimum absolute atomic E-state index is 0.129. The van der Waals surface area contributed by atoms with E-state index in [0.29, 0.717) is 50.5 Å². The lowest BCUT2D eigenvalue weighted by Crippen LogP contribution is -2.49. The number of hydrogen-bond donors (Lipinski definition) is 1. The van der Waals surface area contributed by atoms with Gasteiger partial charge in [-0.2, -0.15) is 0 Å². The normalized spacial score (nSPS) is 14.6. The predicted molar refractivity (Wildman–Crippen MR) is 93.1 cm³/mol. The van der Waals surface area contributed by atoms with Crippen LogP contribution < -0.4 is 10.6 Å². The van der Waals surface area contributed by atoms with Crippen LogP contribution in [-0.2, 0) is 11.3 Å². The molecule has 132 valence electrons. The minimum Gasteiger partial charge on any atom is -0.365 e. The molecule has 0 unspecified atom stereocenters. The molecule has 25 heavy (non-hydrogen) atoms. The summed E-state index contributed by atoms with van der Waals surface area (Å²) in [5.74, 6) is 1.14. The minimum atomic E-state index is -0.489. The van der Waals surface area contributed by atoms with Crippen LogP contribution in [-0.4, -0.2) is 57.4 Å². The first-order chi connectivity index (χ1) is 12.1. The lowest BCUT2D eigenvalue weighted by molar-refractivity contribution is -0.131. The van der Waals surface area contributed by atoms with Gasteiger partial charge in [0.05, 0.1) is 5.56 Å². The molecule has 0 aliphatic carbocycles. The predicted octanol–water partition coefficient (Wildman–Crippen LogP) is 0.424. The third-order valence-corrected chi connectivity index (χ3v) is 4.47. The fraction of sp³-hybridized carbons (Fsp3) is 0.412. The molecule has 0 aromatic carbocycles. The van der Waals surface area contributed by atoms with E-state index in [0.717, 1.165) is 5.82 Å². The average Bonchev–Trinajstić information content (AvgIpc) is 3.04. The van der Waals surface area contributed by atoms with Gasteiger partial charge in [-0.3, -0.25) is 9.59 Å². The zero-order chi connectivity index (χ0) is 17.8. The Kier molecular flexibility index (Phi) is 4.97. The molecular weight excluding hydrogens is 320 g/mol. The Labute approximate surface area is 146 Å². The van der Waals surface area contributed by atoms with Crippen LogP contribution in [0.5, 0.6) is 0 Å². The lowest BCUT2D eigenvalue weighted by Gasteiger charge is -2.36. The molecular formula is C17H22N6O2. The highest BCUT2D eigenvalue weighted by molar-refractivity contribution is 5.97. The molecule has 1 aliphatic rings. The summed E-state index contributed by atoms with van der Waals surface area (Å²) in [5.41, 5.74) is 5.83. The summed E-state index contributed by atoms with van der Waals surface area (Å²) in [7, 11) is 0. The van der Waals surface area contributed by atoms with E-state index in [2.05, 4.69) is 9.97 Å².